The van der Waals surface area contributed by atoms with Crippen LogP contribution in [-0.4, -0.2) is 37.4 Å². The summed E-state index contributed by atoms with van der Waals surface area (Å²) in [6.45, 7) is 26.5. The van der Waals surface area contributed by atoms with E-state index in [-0.39, 0.29) is 35.0 Å². The molecule has 0 spiro atoms. The van der Waals surface area contributed by atoms with Crippen LogP contribution >= 0.6 is 0 Å². The van der Waals surface area contributed by atoms with E-state index in [1.807, 2.05) is 24.3 Å². The van der Waals surface area contributed by atoms with Crippen molar-refractivity contribution in [3.8, 4) is 11.5 Å². The number of hydrogen-bond acceptors (Lipinski definition) is 6. The minimum Gasteiger partial charge on any atom is -0.494 e. The fourth-order valence-corrected chi connectivity index (χ4v) is 20.1. The Kier molecular flexibility index (Phi) is 20.1. The molecular formula is C72H114O6. The summed E-state index contributed by atoms with van der Waals surface area (Å²) < 4.78 is 24.5. The molecule has 8 aliphatic rings. The molecule has 0 aliphatic heterocycles. The topological polar surface area (TPSA) is 71.1 Å². The van der Waals surface area contributed by atoms with Gasteiger partial charge < -0.3 is 18.9 Å². The van der Waals surface area contributed by atoms with E-state index >= 15 is 0 Å². The molecule has 6 fully saturated rings. The number of carbonyl (C=O) groups is 2. The van der Waals surface area contributed by atoms with Gasteiger partial charge in [0.05, 0.1) is 13.2 Å². The molecule has 0 amide bonds. The molecule has 0 radical (unpaired) electrons. The van der Waals surface area contributed by atoms with Gasteiger partial charge in [0.25, 0.3) is 0 Å². The maximum atomic E-state index is 13.1. The lowest BCUT2D eigenvalue weighted by Crippen LogP contribution is -2.51. The van der Waals surface area contributed by atoms with Crippen molar-refractivity contribution in [1.29, 1.82) is 0 Å². The molecule has 0 N–H and O–H groups in total. The highest BCUT2D eigenvalue weighted by atomic mass is 16.5. The molecule has 9 rings (SSSR count). The molecule has 6 heteroatoms. The molecule has 6 saturated carbocycles. The molecule has 78 heavy (non-hydrogen) atoms. The van der Waals surface area contributed by atoms with Gasteiger partial charge in [0.2, 0.25) is 0 Å². The molecule has 0 aromatic heterocycles. The van der Waals surface area contributed by atoms with Crippen LogP contribution in [0.25, 0.3) is 0 Å². The Hall–Kier alpha value is -2.76. The predicted octanol–water partition coefficient (Wildman–Crippen LogP) is 19.5. The summed E-state index contributed by atoms with van der Waals surface area (Å²) in [6, 6.07) is 7.92. The minimum atomic E-state index is -0.0256. The van der Waals surface area contributed by atoms with E-state index in [1.54, 1.807) is 11.1 Å². The summed E-state index contributed by atoms with van der Waals surface area (Å²) >= 11 is 0. The zero-order valence-corrected chi connectivity index (χ0v) is 51.6. The number of allylic oxidation sites excluding steroid dienone is 2. The van der Waals surface area contributed by atoms with Crippen LogP contribution in [-0.2, 0) is 19.1 Å². The smallest absolute Gasteiger partial charge is 0.306 e. The summed E-state index contributed by atoms with van der Waals surface area (Å²) in [5, 5.41) is 0. The molecule has 6 nitrogen and oxygen atoms in total. The Labute approximate surface area is 477 Å². The van der Waals surface area contributed by atoms with Gasteiger partial charge in [-0.3, -0.25) is 9.59 Å². The van der Waals surface area contributed by atoms with E-state index in [1.165, 1.54) is 116 Å². The Morgan fingerprint density at radius 3 is 1.28 bits per heavy atom. The molecule has 0 bridgehead atoms. The Balaban J connectivity index is 0.599. The van der Waals surface area contributed by atoms with E-state index in [9.17, 15) is 9.59 Å². The molecular weight excluding hydrogens is 961 g/mol. The van der Waals surface area contributed by atoms with Crippen molar-refractivity contribution >= 4 is 11.9 Å². The van der Waals surface area contributed by atoms with Crippen LogP contribution < -0.4 is 9.47 Å². The van der Waals surface area contributed by atoms with Crippen LogP contribution in [0.1, 0.15) is 262 Å². The lowest BCUT2D eigenvalue weighted by atomic mass is 9.47. The molecule has 0 saturated heterocycles. The van der Waals surface area contributed by atoms with Crippen LogP contribution in [0.15, 0.2) is 47.6 Å². The number of carbonyl (C=O) groups excluding carboxylic acids is 2. The number of hydrogen-bond donors (Lipinski definition) is 0. The molecule has 438 valence electrons. The van der Waals surface area contributed by atoms with Gasteiger partial charge in [0.1, 0.15) is 23.7 Å². The predicted molar refractivity (Wildman–Crippen MR) is 320 cm³/mol. The number of benzene rings is 1. The van der Waals surface area contributed by atoms with E-state index in [4.69, 9.17) is 18.9 Å². The second-order valence-corrected chi connectivity index (χ2v) is 30.1. The van der Waals surface area contributed by atoms with Crippen molar-refractivity contribution in [3.05, 3.63) is 47.6 Å². The van der Waals surface area contributed by atoms with Gasteiger partial charge in [0, 0.05) is 25.7 Å². The van der Waals surface area contributed by atoms with E-state index < -0.39 is 0 Å². The SMILES string of the molecule is CC(C)CCC[C@@H](C)[C@H]1CCC2C3CC=C4CC(OC(=O)CCCCCOc5ccc(OCCCCCC(=O)OC6CC[C@@]7(C)C(=CCC8C7CC[C@@]7(C)C8CC[C@@H]7[C@H](C)CCCC(C)C)C6)cc5)CC[C@]4(C)C3CC[C@@]21C. The van der Waals surface area contributed by atoms with Crippen molar-refractivity contribution in [3.63, 3.8) is 0 Å². The van der Waals surface area contributed by atoms with Crippen molar-refractivity contribution in [2.45, 2.75) is 274 Å². The second kappa shape index (κ2) is 26.2. The third-order valence-electron chi connectivity index (χ3n) is 24.5. The van der Waals surface area contributed by atoms with Crippen molar-refractivity contribution in [2.75, 3.05) is 13.2 Å². The highest BCUT2D eigenvalue weighted by Gasteiger charge is 2.61. The minimum absolute atomic E-state index is 0.0256. The Morgan fingerprint density at radius 2 is 0.885 bits per heavy atom. The van der Waals surface area contributed by atoms with Crippen LogP contribution in [0, 0.1) is 92.7 Å². The third-order valence-corrected chi connectivity index (χ3v) is 24.5. The van der Waals surface area contributed by atoms with Crippen LogP contribution in [0.3, 0.4) is 0 Å². The van der Waals surface area contributed by atoms with Crippen LogP contribution in [0.5, 0.6) is 11.5 Å². The average molecular weight is 1080 g/mol. The van der Waals surface area contributed by atoms with E-state index in [2.05, 4.69) is 81.4 Å². The first-order chi connectivity index (χ1) is 37.4. The zero-order chi connectivity index (χ0) is 55.2. The molecule has 8 aliphatic carbocycles. The average Bonchev–Trinajstić information content (AvgIpc) is 4.15. The molecule has 16 atom stereocenters. The Bertz CT molecular complexity index is 2020. The van der Waals surface area contributed by atoms with Crippen molar-refractivity contribution in [1.82, 2.24) is 0 Å². The van der Waals surface area contributed by atoms with Crippen molar-refractivity contribution in [2.24, 2.45) is 92.7 Å². The third kappa shape index (κ3) is 13.3. The van der Waals surface area contributed by atoms with Gasteiger partial charge in [-0.2, -0.15) is 0 Å². The Morgan fingerprint density at radius 1 is 0.474 bits per heavy atom. The van der Waals surface area contributed by atoms with Crippen LogP contribution in [0.2, 0.25) is 0 Å². The zero-order valence-electron chi connectivity index (χ0n) is 51.6. The number of ether oxygens (including phenoxy) is 4. The molecule has 8 unspecified atom stereocenters. The number of fused-ring (bicyclic) bond motifs is 10. The molecule has 0 heterocycles. The first-order valence-electron chi connectivity index (χ1n) is 33.5. The van der Waals surface area contributed by atoms with E-state index in [0.717, 1.165) is 147 Å². The van der Waals surface area contributed by atoms with Gasteiger partial charge in [-0.1, -0.05) is 131 Å². The van der Waals surface area contributed by atoms with Gasteiger partial charge in [-0.25, -0.2) is 0 Å². The molecule has 1 aromatic carbocycles. The van der Waals surface area contributed by atoms with Gasteiger partial charge in [-0.15, -0.1) is 0 Å². The highest BCUT2D eigenvalue weighted by Crippen LogP contribution is 2.69. The molecule has 1 aromatic rings. The fraction of sp³-hybridized carbons (Fsp3) is 0.833. The number of rotatable bonds is 26. The second-order valence-electron chi connectivity index (χ2n) is 30.1. The van der Waals surface area contributed by atoms with Gasteiger partial charge in [0.15, 0.2) is 0 Å². The van der Waals surface area contributed by atoms with Gasteiger partial charge in [-0.05, 0) is 245 Å². The summed E-state index contributed by atoms with van der Waals surface area (Å²) in [5.41, 5.74) is 4.80. The van der Waals surface area contributed by atoms with Crippen molar-refractivity contribution < 1.29 is 28.5 Å². The standard InChI is InChI=1S/C72H114O6/c1-49(2)19-17-21-51(5)61-33-35-63-59-31-25-53-47-57(37-41-69(53,7)65(59)39-43-71(61,63)9)77-67(73)23-13-11-15-45-75-55-27-29-56(30-28-55)76-46-16-12-14-24-68(74)78-58-38-42-70(8)54(48-58)26-32-60-64-36-34-62(52(6)22-18-20-50(3)4)72(64,10)44-40-66(60)70/h25-30,49-52,57-66H,11-24,31-48H2,1-10H3/t51-,52-,57?,58?,59?,60?,61-,62-,63?,64?,65?,66?,69+,70+,71-,72-/m1/s1. The maximum absolute atomic E-state index is 13.1. The summed E-state index contributed by atoms with van der Waals surface area (Å²) in [6.07, 6.45) is 40.1. The lowest BCUT2D eigenvalue weighted by Gasteiger charge is -2.58. The lowest BCUT2D eigenvalue weighted by molar-refractivity contribution is -0.152. The number of unbranched alkanes of at least 4 members (excludes halogenated alkanes) is 4. The normalized spacial score (nSPS) is 36.7. The quantitative estimate of drug-likeness (QED) is 0.0523. The highest BCUT2D eigenvalue weighted by molar-refractivity contribution is 5.70. The maximum Gasteiger partial charge on any atom is 0.306 e. The monoisotopic (exact) mass is 1070 g/mol. The van der Waals surface area contributed by atoms with Gasteiger partial charge >= 0.3 is 11.9 Å². The fourth-order valence-electron chi connectivity index (χ4n) is 20.1. The largest absolute Gasteiger partial charge is 0.494 e. The number of esters is 2. The van der Waals surface area contributed by atoms with E-state index in [0.29, 0.717) is 36.9 Å². The summed E-state index contributed by atoms with van der Waals surface area (Å²) in [5.74, 6) is 11.8. The first kappa shape index (κ1) is 59.8. The first-order valence-corrected chi connectivity index (χ1v) is 33.5. The summed E-state index contributed by atoms with van der Waals surface area (Å²) in [4.78, 5) is 26.1. The van der Waals surface area contributed by atoms with Crippen LogP contribution in [0.4, 0.5) is 0 Å². The summed E-state index contributed by atoms with van der Waals surface area (Å²) in [7, 11) is 0.